The molecule has 0 unspecified atom stereocenters. The Balaban J connectivity index is 2.14. The molecule has 55 heavy (non-hydrogen) atoms. The van der Waals surface area contributed by atoms with Gasteiger partial charge >= 0.3 is 5.97 Å². The van der Waals surface area contributed by atoms with Crippen molar-refractivity contribution >= 4 is 38.8 Å². The van der Waals surface area contributed by atoms with Crippen molar-refractivity contribution in [3.63, 3.8) is 0 Å². The highest BCUT2D eigenvalue weighted by Crippen LogP contribution is 2.41. The van der Waals surface area contributed by atoms with Crippen molar-refractivity contribution in [2.45, 2.75) is 129 Å². The number of ether oxygens (including phenoxy) is 3. The summed E-state index contributed by atoms with van der Waals surface area (Å²) in [4.78, 5) is 28.1. The number of rotatable bonds is 20. The monoisotopic (exact) mass is 790 g/mol. The van der Waals surface area contributed by atoms with Crippen LogP contribution in [0.15, 0.2) is 104 Å². The molecule has 5 atom stereocenters. The number of hydrogen-bond donors (Lipinski definition) is 1. The highest BCUT2D eigenvalue weighted by atomic mass is 28.4. The molecule has 0 saturated heterocycles. The number of hydrogen-bond acceptors (Lipinski definition) is 8. The maximum Gasteiger partial charge on any atom is 0.336 e. The third-order valence-electron chi connectivity index (χ3n) is 11.1. The van der Waals surface area contributed by atoms with Crippen molar-refractivity contribution in [1.82, 2.24) is 0 Å². The van der Waals surface area contributed by atoms with Crippen molar-refractivity contribution < 1.29 is 37.8 Å². The fourth-order valence-electron chi connectivity index (χ4n) is 6.64. The Morgan fingerprint density at radius 1 is 0.727 bits per heavy atom. The van der Waals surface area contributed by atoms with E-state index in [2.05, 4.69) is 85.5 Å². The predicted molar refractivity (Wildman–Crippen MR) is 227 cm³/mol. The Bertz CT molecular complexity index is 1610. The van der Waals surface area contributed by atoms with E-state index in [-0.39, 0.29) is 30.3 Å². The van der Waals surface area contributed by atoms with Crippen LogP contribution in [0, 0.1) is 5.41 Å². The lowest BCUT2D eigenvalue weighted by Gasteiger charge is -2.46. The number of aliphatic hydroxyl groups is 1. The minimum absolute atomic E-state index is 0.0396. The second-order valence-electron chi connectivity index (χ2n) is 17.5. The fourth-order valence-corrected chi connectivity index (χ4v) is 12.7. The maximum atomic E-state index is 14.0. The zero-order valence-electron chi connectivity index (χ0n) is 35.3. The van der Waals surface area contributed by atoms with E-state index in [1.54, 1.807) is 27.0 Å². The number of Topliss-reactive ketones (excluding diaryl/α,β-unsaturated/α-hetero) is 1. The van der Waals surface area contributed by atoms with Crippen LogP contribution in [0.5, 0.6) is 0 Å². The predicted octanol–water partition coefficient (Wildman–Crippen LogP) is 8.02. The van der Waals surface area contributed by atoms with E-state index in [4.69, 9.17) is 23.1 Å². The standard InChI is InChI=1S/C45H66O8Si2/c1-14-45(8,9)41(47)39(51-32-33-24-18-15-19-25-33)37(46)30-34(52-54(12,13)43(2,3)4)31-38(49-10)40(42(48)50-11)53-55(44(5,6)7,35-26-20-16-21-27-35)36-28-22-17-23-29-36/h14-29,34,37-40,46H,1,30-32H2,2-13H3/t34-,37-,38-,39-,40+/m1/s1. The van der Waals surface area contributed by atoms with Gasteiger partial charge in [0.1, 0.15) is 6.10 Å². The molecule has 302 valence electrons. The topological polar surface area (TPSA) is 101 Å². The zero-order chi connectivity index (χ0) is 41.2. The first-order valence-electron chi connectivity index (χ1n) is 19.2. The van der Waals surface area contributed by atoms with Gasteiger partial charge in [-0.3, -0.25) is 4.79 Å². The minimum atomic E-state index is -3.27. The van der Waals surface area contributed by atoms with E-state index >= 15 is 0 Å². The van der Waals surface area contributed by atoms with Crippen molar-refractivity contribution in [1.29, 1.82) is 0 Å². The molecule has 3 aromatic rings. The van der Waals surface area contributed by atoms with Gasteiger partial charge in [-0.05, 0) is 53.0 Å². The summed E-state index contributed by atoms with van der Waals surface area (Å²) in [7, 11) is -2.86. The normalized spacial score (nSPS) is 15.7. The van der Waals surface area contributed by atoms with E-state index in [0.29, 0.717) is 0 Å². The van der Waals surface area contributed by atoms with Crippen LogP contribution in [0.2, 0.25) is 23.2 Å². The van der Waals surface area contributed by atoms with Gasteiger partial charge in [-0.15, -0.1) is 6.58 Å². The van der Waals surface area contributed by atoms with Gasteiger partial charge in [0.25, 0.3) is 8.32 Å². The van der Waals surface area contributed by atoms with Gasteiger partial charge in [-0.2, -0.15) is 0 Å². The Hall–Kier alpha value is -3.23. The Morgan fingerprint density at radius 3 is 1.64 bits per heavy atom. The van der Waals surface area contributed by atoms with Crippen molar-refractivity contribution in [2.75, 3.05) is 14.2 Å². The van der Waals surface area contributed by atoms with Crippen LogP contribution in [-0.2, 0) is 39.3 Å². The molecule has 0 spiro atoms. The summed E-state index contributed by atoms with van der Waals surface area (Å²) in [5.41, 5.74) is -0.0916. The van der Waals surface area contributed by atoms with Crippen LogP contribution in [0.25, 0.3) is 0 Å². The highest BCUT2D eigenvalue weighted by molar-refractivity contribution is 6.99. The molecule has 3 aromatic carbocycles. The highest BCUT2D eigenvalue weighted by Gasteiger charge is 2.54. The molecule has 3 rings (SSSR count). The summed E-state index contributed by atoms with van der Waals surface area (Å²) < 4.78 is 32.3. The summed E-state index contributed by atoms with van der Waals surface area (Å²) in [6, 6.07) is 29.7. The minimum Gasteiger partial charge on any atom is -0.467 e. The number of allylic oxidation sites excluding steroid dienone is 1. The number of carbonyl (C=O) groups is 2. The van der Waals surface area contributed by atoms with Crippen LogP contribution in [0.3, 0.4) is 0 Å². The molecular formula is C45H66O8Si2. The Labute approximate surface area is 332 Å². The van der Waals surface area contributed by atoms with Gasteiger partial charge in [-0.1, -0.05) is 139 Å². The SMILES string of the molecule is C=CC(C)(C)C(=O)[C@H](OCc1ccccc1)[C@H](O)C[C@H](C[C@@H](OC)[C@H](O[Si](c1ccccc1)(c1ccccc1)C(C)(C)C)C(=O)OC)O[Si](C)(C)C(C)(C)C. The molecule has 0 aliphatic heterocycles. The molecule has 0 saturated carbocycles. The molecule has 8 nitrogen and oxygen atoms in total. The Morgan fingerprint density at radius 2 is 1.22 bits per heavy atom. The second-order valence-corrected chi connectivity index (χ2v) is 26.6. The number of esters is 1. The molecule has 0 fully saturated rings. The molecule has 0 bridgehead atoms. The summed E-state index contributed by atoms with van der Waals surface area (Å²) in [6.07, 6.45) is -3.30. The van der Waals surface area contributed by atoms with Gasteiger partial charge in [0.15, 0.2) is 20.2 Å². The summed E-state index contributed by atoms with van der Waals surface area (Å²) in [5, 5.41) is 13.4. The average molecular weight is 791 g/mol. The number of ketones is 1. The molecular weight excluding hydrogens is 725 g/mol. The van der Waals surface area contributed by atoms with Crippen molar-refractivity contribution in [2.24, 2.45) is 5.41 Å². The second kappa shape index (κ2) is 19.3. The van der Waals surface area contributed by atoms with E-state index in [0.717, 1.165) is 15.9 Å². The average Bonchev–Trinajstić information content (AvgIpc) is 3.14. The quantitative estimate of drug-likeness (QED) is 0.0699. The molecule has 0 aliphatic carbocycles. The third-order valence-corrected chi connectivity index (χ3v) is 20.6. The molecule has 0 radical (unpaired) electrons. The smallest absolute Gasteiger partial charge is 0.336 e. The van der Waals surface area contributed by atoms with Gasteiger partial charge in [0.2, 0.25) is 0 Å². The first kappa shape index (κ1) is 46.2. The number of aliphatic hydroxyl groups excluding tert-OH is 1. The van der Waals surface area contributed by atoms with Gasteiger partial charge < -0.3 is 28.2 Å². The summed E-state index contributed by atoms with van der Waals surface area (Å²) in [6.45, 7) is 24.7. The lowest BCUT2D eigenvalue weighted by atomic mass is 9.82. The van der Waals surface area contributed by atoms with Crippen LogP contribution in [-0.4, -0.2) is 78.2 Å². The van der Waals surface area contributed by atoms with Crippen LogP contribution in [0.4, 0.5) is 0 Å². The first-order valence-corrected chi connectivity index (χ1v) is 24.1. The molecule has 0 amide bonds. The number of benzene rings is 3. The summed E-state index contributed by atoms with van der Waals surface area (Å²) in [5.74, 6) is -0.860. The molecule has 1 N–H and O–H groups in total. The molecule has 10 heteroatoms. The molecule has 0 aromatic heterocycles. The van der Waals surface area contributed by atoms with Crippen LogP contribution < -0.4 is 10.4 Å². The Kier molecular flexibility index (Phi) is 16.2. The van der Waals surface area contributed by atoms with Gasteiger partial charge in [0.05, 0.1) is 32.0 Å². The largest absolute Gasteiger partial charge is 0.467 e. The van der Waals surface area contributed by atoms with Gasteiger partial charge in [-0.25, -0.2) is 4.79 Å². The lowest BCUT2D eigenvalue weighted by molar-refractivity contribution is -0.158. The number of methoxy groups -OCH3 is 2. The van der Waals surface area contributed by atoms with E-state index in [1.807, 2.05) is 66.7 Å². The van der Waals surface area contributed by atoms with E-state index in [9.17, 15) is 14.7 Å². The van der Waals surface area contributed by atoms with Gasteiger partial charge in [0, 0.05) is 25.4 Å². The van der Waals surface area contributed by atoms with Crippen LogP contribution >= 0.6 is 0 Å². The molecule has 0 aliphatic rings. The maximum absolute atomic E-state index is 14.0. The summed E-state index contributed by atoms with van der Waals surface area (Å²) >= 11 is 0. The van der Waals surface area contributed by atoms with Crippen LogP contribution in [0.1, 0.15) is 73.8 Å². The first-order chi connectivity index (χ1) is 25.6. The number of carbonyl (C=O) groups excluding carboxylic acids is 2. The zero-order valence-corrected chi connectivity index (χ0v) is 37.3. The van der Waals surface area contributed by atoms with E-state index < -0.39 is 63.6 Å². The third kappa shape index (κ3) is 11.4. The fraction of sp³-hybridized carbons (Fsp3) is 0.511. The van der Waals surface area contributed by atoms with E-state index in [1.165, 1.54) is 7.11 Å². The van der Waals surface area contributed by atoms with Crippen molar-refractivity contribution in [3.8, 4) is 0 Å². The lowest BCUT2D eigenvalue weighted by Crippen LogP contribution is -2.69. The molecule has 0 heterocycles. The van der Waals surface area contributed by atoms with Crippen molar-refractivity contribution in [3.05, 3.63) is 109 Å².